The van der Waals surface area contributed by atoms with Gasteiger partial charge >= 0.3 is 0 Å². The Morgan fingerprint density at radius 1 is 1.22 bits per heavy atom. The largest absolute Gasteiger partial charge is 0.497 e. The quantitative estimate of drug-likeness (QED) is 0.807. The maximum absolute atomic E-state index is 12.4. The van der Waals surface area contributed by atoms with Gasteiger partial charge in [-0.3, -0.25) is 4.79 Å². The molecular weight excluding hydrogens is 310 g/mol. The molecule has 2 heterocycles. The zero-order valence-corrected chi connectivity index (χ0v) is 14.1. The first kappa shape index (κ1) is 15.6. The van der Waals surface area contributed by atoms with Crippen LogP contribution in [0.4, 0.5) is 0 Å². The zero-order valence-electron chi connectivity index (χ0n) is 13.2. The van der Waals surface area contributed by atoms with E-state index in [1.54, 1.807) is 37.7 Å². The number of rotatable bonds is 4. The van der Waals surface area contributed by atoms with E-state index < -0.39 is 0 Å². The summed E-state index contributed by atoms with van der Waals surface area (Å²) in [6, 6.07) is 7.66. The van der Waals surface area contributed by atoms with Crippen molar-refractivity contribution < 1.29 is 14.3 Å². The lowest BCUT2D eigenvalue weighted by Crippen LogP contribution is -2.34. The third-order valence-electron chi connectivity index (χ3n) is 3.91. The molecule has 1 aliphatic heterocycles. The fraction of sp³-hybridized carbons (Fsp3) is 0.278. The maximum Gasteiger partial charge on any atom is 0.246 e. The molecule has 1 aromatic heterocycles. The molecule has 120 valence electrons. The van der Waals surface area contributed by atoms with Gasteiger partial charge in [0.1, 0.15) is 11.5 Å². The number of thiophene rings is 1. The fourth-order valence-electron chi connectivity index (χ4n) is 2.64. The number of ether oxygens (including phenoxy) is 2. The number of carbonyl (C=O) groups is 1. The van der Waals surface area contributed by atoms with Crippen molar-refractivity contribution in [2.24, 2.45) is 0 Å². The number of fused-ring (bicyclic) bond motifs is 1. The standard InChI is InChI=1S/C18H19NO3S/c1-21-15-9-13(10-16(11-15)22-2)3-4-18(20)19-7-5-17-14(12-19)6-8-23-17/h3-4,6,8-11H,5,7,12H2,1-2H3. The number of benzene rings is 1. The van der Waals surface area contributed by atoms with E-state index in [2.05, 4.69) is 11.4 Å². The summed E-state index contributed by atoms with van der Waals surface area (Å²) in [6.07, 6.45) is 4.36. The number of nitrogens with zero attached hydrogens (tertiary/aromatic N) is 1. The highest BCUT2D eigenvalue weighted by Crippen LogP contribution is 2.25. The summed E-state index contributed by atoms with van der Waals surface area (Å²) in [4.78, 5) is 15.7. The molecule has 1 aromatic carbocycles. The molecule has 0 bridgehead atoms. The second-order valence-corrected chi connectivity index (χ2v) is 6.36. The first-order chi connectivity index (χ1) is 11.2. The average Bonchev–Trinajstić information content (AvgIpc) is 3.06. The van der Waals surface area contributed by atoms with Crippen molar-refractivity contribution in [3.05, 3.63) is 51.7 Å². The fourth-order valence-corrected chi connectivity index (χ4v) is 3.52. The topological polar surface area (TPSA) is 38.8 Å². The zero-order chi connectivity index (χ0) is 16.2. The predicted molar refractivity (Wildman–Crippen MR) is 92.0 cm³/mol. The number of amides is 1. The summed E-state index contributed by atoms with van der Waals surface area (Å²) in [6.45, 7) is 1.47. The van der Waals surface area contributed by atoms with E-state index >= 15 is 0 Å². The molecule has 0 spiro atoms. The molecule has 23 heavy (non-hydrogen) atoms. The van der Waals surface area contributed by atoms with Crippen LogP contribution in [0.3, 0.4) is 0 Å². The second kappa shape index (κ2) is 6.87. The lowest BCUT2D eigenvalue weighted by atomic mass is 10.1. The SMILES string of the molecule is COc1cc(C=CC(=O)N2CCc3sccc3C2)cc(OC)c1. The van der Waals surface area contributed by atoms with E-state index in [9.17, 15) is 4.79 Å². The van der Waals surface area contributed by atoms with E-state index in [4.69, 9.17) is 9.47 Å². The molecule has 0 saturated heterocycles. The molecular formula is C18H19NO3S. The second-order valence-electron chi connectivity index (χ2n) is 5.36. The van der Waals surface area contributed by atoms with E-state index in [0.29, 0.717) is 18.0 Å². The van der Waals surface area contributed by atoms with Crippen LogP contribution >= 0.6 is 11.3 Å². The molecule has 0 atom stereocenters. The molecule has 3 rings (SSSR count). The van der Waals surface area contributed by atoms with Crippen molar-refractivity contribution in [2.75, 3.05) is 20.8 Å². The minimum absolute atomic E-state index is 0.0311. The third-order valence-corrected chi connectivity index (χ3v) is 4.93. The van der Waals surface area contributed by atoms with Crippen molar-refractivity contribution in [3.8, 4) is 11.5 Å². The molecule has 0 saturated carbocycles. The van der Waals surface area contributed by atoms with Crippen molar-refractivity contribution >= 4 is 23.3 Å². The Balaban J connectivity index is 1.71. The van der Waals surface area contributed by atoms with Crippen LogP contribution in [0.15, 0.2) is 35.7 Å². The van der Waals surface area contributed by atoms with E-state index in [-0.39, 0.29) is 5.91 Å². The van der Waals surface area contributed by atoms with Gasteiger partial charge in [-0.15, -0.1) is 11.3 Å². The number of carbonyl (C=O) groups excluding carboxylic acids is 1. The lowest BCUT2D eigenvalue weighted by Gasteiger charge is -2.25. The maximum atomic E-state index is 12.4. The Bertz CT molecular complexity index is 713. The van der Waals surface area contributed by atoms with Crippen LogP contribution in [0.1, 0.15) is 16.0 Å². The van der Waals surface area contributed by atoms with E-state index in [1.807, 2.05) is 23.1 Å². The lowest BCUT2D eigenvalue weighted by molar-refractivity contribution is -0.126. The number of methoxy groups -OCH3 is 2. The van der Waals surface area contributed by atoms with Gasteiger partial charge in [-0.25, -0.2) is 0 Å². The van der Waals surface area contributed by atoms with Gasteiger partial charge in [-0.1, -0.05) is 0 Å². The minimum atomic E-state index is 0.0311. The summed E-state index contributed by atoms with van der Waals surface area (Å²) < 4.78 is 10.5. The Hall–Kier alpha value is -2.27. The highest BCUT2D eigenvalue weighted by Gasteiger charge is 2.19. The van der Waals surface area contributed by atoms with Crippen LogP contribution in [0.2, 0.25) is 0 Å². The molecule has 4 nitrogen and oxygen atoms in total. The van der Waals surface area contributed by atoms with Crippen molar-refractivity contribution in [1.29, 1.82) is 0 Å². The summed E-state index contributed by atoms with van der Waals surface area (Å²) in [5, 5.41) is 2.09. The molecule has 0 unspecified atom stereocenters. The molecule has 1 amide bonds. The molecule has 5 heteroatoms. The van der Waals surface area contributed by atoms with Gasteiger partial charge in [0.15, 0.2) is 0 Å². The molecule has 0 radical (unpaired) electrons. The smallest absolute Gasteiger partial charge is 0.246 e. The monoisotopic (exact) mass is 329 g/mol. The Morgan fingerprint density at radius 2 is 1.96 bits per heavy atom. The summed E-state index contributed by atoms with van der Waals surface area (Å²) in [5.74, 6) is 1.44. The van der Waals surface area contributed by atoms with Gasteiger partial charge < -0.3 is 14.4 Å². The summed E-state index contributed by atoms with van der Waals surface area (Å²) >= 11 is 1.77. The first-order valence-electron chi connectivity index (χ1n) is 7.45. The number of hydrogen-bond acceptors (Lipinski definition) is 4. The highest BCUT2D eigenvalue weighted by molar-refractivity contribution is 7.10. The minimum Gasteiger partial charge on any atom is -0.497 e. The van der Waals surface area contributed by atoms with Gasteiger partial charge in [0.2, 0.25) is 5.91 Å². The van der Waals surface area contributed by atoms with Gasteiger partial charge in [-0.05, 0) is 47.2 Å². The van der Waals surface area contributed by atoms with Crippen LogP contribution in [-0.4, -0.2) is 31.6 Å². The summed E-state index contributed by atoms with van der Waals surface area (Å²) in [7, 11) is 3.22. The van der Waals surface area contributed by atoms with Crippen molar-refractivity contribution in [2.45, 2.75) is 13.0 Å². The van der Waals surface area contributed by atoms with Crippen LogP contribution < -0.4 is 9.47 Å². The van der Waals surface area contributed by atoms with E-state index in [1.165, 1.54) is 10.4 Å². The van der Waals surface area contributed by atoms with Crippen LogP contribution in [0.25, 0.3) is 6.08 Å². The molecule has 0 N–H and O–H groups in total. The van der Waals surface area contributed by atoms with Crippen LogP contribution in [0.5, 0.6) is 11.5 Å². The Morgan fingerprint density at radius 3 is 2.65 bits per heavy atom. The van der Waals surface area contributed by atoms with E-state index in [0.717, 1.165) is 18.5 Å². The van der Waals surface area contributed by atoms with Crippen molar-refractivity contribution in [3.63, 3.8) is 0 Å². The average molecular weight is 329 g/mol. The van der Waals surface area contributed by atoms with Crippen molar-refractivity contribution in [1.82, 2.24) is 4.90 Å². The predicted octanol–water partition coefficient (Wildman–Crippen LogP) is 3.36. The summed E-state index contributed by atoms with van der Waals surface area (Å²) in [5.41, 5.74) is 2.15. The molecule has 1 aliphatic rings. The molecule has 0 aliphatic carbocycles. The molecule has 2 aromatic rings. The van der Waals surface area contributed by atoms with Gasteiger partial charge in [0.25, 0.3) is 0 Å². The van der Waals surface area contributed by atoms with Crippen LogP contribution in [-0.2, 0) is 17.8 Å². The first-order valence-corrected chi connectivity index (χ1v) is 8.33. The third kappa shape index (κ3) is 3.56. The normalized spacial score (nSPS) is 13.9. The highest BCUT2D eigenvalue weighted by atomic mass is 32.1. The van der Waals surface area contributed by atoms with Gasteiger partial charge in [0, 0.05) is 30.1 Å². The van der Waals surface area contributed by atoms with Crippen LogP contribution in [0, 0.1) is 0 Å². The molecule has 0 fully saturated rings. The number of hydrogen-bond donors (Lipinski definition) is 0. The Labute approximate surface area is 140 Å². The Kier molecular flexibility index (Phi) is 4.67. The van der Waals surface area contributed by atoms with Gasteiger partial charge in [-0.2, -0.15) is 0 Å². The van der Waals surface area contributed by atoms with Gasteiger partial charge in [0.05, 0.1) is 14.2 Å².